The number of hydrogen-bond acceptors (Lipinski definition) is 3. The van der Waals surface area contributed by atoms with Crippen LogP contribution >= 0.6 is 0 Å². The van der Waals surface area contributed by atoms with Crippen molar-refractivity contribution in [2.45, 2.75) is 51.2 Å². The van der Waals surface area contributed by atoms with Crippen LogP contribution in [0.3, 0.4) is 0 Å². The highest BCUT2D eigenvalue weighted by atomic mass is 16.5. The van der Waals surface area contributed by atoms with Gasteiger partial charge in [-0.3, -0.25) is 4.98 Å². The Balaban J connectivity index is 1.51. The van der Waals surface area contributed by atoms with E-state index in [-0.39, 0.29) is 12.1 Å². The van der Waals surface area contributed by atoms with Crippen molar-refractivity contribution in [2.24, 2.45) is 0 Å². The number of carbonyl (C=O) groups is 1. The number of hydrogen-bond donors (Lipinski definition) is 1. The molecule has 0 unspecified atom stereocenters. The summed E-state index contributed by atoms with van der Waals surface area (Å²) in [7, 11) is 0. The van der Waals surface area contributed by atoms with Gasteiger partial charge in [0.15, 0.2) is 0 Å². The van der Waals surface area contributed by atoms with Crippen LogP contribution < -0.4 is 5.32 Å². The maximum atomic E-state index is 13.1. The predicted octanol–water partition coefficient (Wildman–Crippen LogP) is 4.17. The lowest BCUT2D eigenvalue weighted by molar-refractivity contribution is 0.0819. The van der Waals surface area contributed by atoms with Gasteiger partial charge in [0, 0.05) is 37.8 Å². The van der Waals surface area contributed by atoms with Gasteiger partial charge < -0.3 is 15.0 Å². The fraction of sp³-hybridized carbons (Fsp3) is 0.455. The molecule has 142 valence electrons. The van der Waals surface area contributed by atoms with Crippen LogP contribution in [0, 0.1) is 0 Å². The number of fused-ring (bicyclic) bond motifs is 1. The molecule has 1 aromatic carbocycles. The number of anilines is 1. The second-order valence-electron chi connectivity index (χ2n) is 7.46. The van der Waals surface area contributed by atoms with Gasteiger partial charge in [-0.15, -0.1) is 0 Å². The normalized spacial score (nSPS) is 18.7. The number of rotatable bonds is 5. The molecule has 2 aromatic rings. The molecule has 1 aliphatic heterocycles. The summed E-state index contributed by atoms with van der Waals surface area (Å²) in [4.78, 5) is 19.2. The number of nitrogens with one attached hydrogen (secondary N) is 1. The number of nitrogens with zero attached hydrogens (tertiary/aromatic N) is 2. The largest absolute Gasteiger partial charge is 0.376 e. The minimum atomic E-state index is -0.0617. The summed E-state index contributed by atoms with van der Waals surface area (Å²) < 4.78 is 5.77. The summed E-state index contributed by atoms with van der Waals surface area (Å²) in [5.41, 5.74) is 4.66. The average molecular weight is 365 g/mol. The second kappa shape index (κ2) is 8.53. The lowest BCUT2D eigenvalue weighted by atomic mass is 9.90. The van der Waals surface area contributed by atoms with Gasteiger partial charge in [0.25, 0.3) is 0 Å². The van der Waals surface area contributed by atoms with E-state index in [1.165, 1.54) is 24.0 Å². The van der Waals surface area contributed by atoms with Crippen molar-refractivity contribution in [3.63, 3.8) is 0 Å². The van der Waals surface area contributed by atoms with Crippen LogP contribution in [0.1, 0.15) is 42.4 Å². The quantitative estimate of drug-likeness (QED) is 0.865. The average Bonchev–Trinajstić information content (AvgIpc) is 3.22. The molecule has 2 aliphatic rings. The molecule has 1 fully saturated rings. The maximum Gasteiger partial charge on any atom is 0.322 e. The first kappa shape index (κ1) is 18.0. The highest BCUT2D eigenvalue weighted by Crippen LogP contribution is 2.28. The van der Waals surface area contributed by atoms with Crippen LogP contribution in [0.25, 0.3) is 0 Å². The van der Waals surface area contributed by atoms with Gasteiger partial charge in [0.2, 0.25) is 0 Å². The van der Waals surface area contributed by atoms with E-state index in [0.29, 0.717) is 13.1 Å². The van der Waals surface area contributed by atoms with E-state index in [9.17, 15) is 4.79 Å². The van der Waals surface area contributed by atoms with Crippen LogP contribution in [0.15, 0.2) is 42.7 Å². The minimum absolute atomic E-state index is 0.0617. The van der Waals surface area contributed by atoms with Crippen molar-refractivity contribution in [1.82, 2.24) is 9.88 Å². The van der Waals surface area contributed by atoms with E-state index in [0.717, 1.165) is 43.5 Å². The summed E-state index contributed by atoms with van der Waals surface area (Å²) in [6, 6.07) is 10.1. The van der Waals surface area contributed by atoms with Crippen molar-refractivity contribution < 1.29 is 9.53 Å². The maximum absolute atomic E-state index is 13.1. The number of aryl methyl sites for hydroxylation is 1. The Kier molecular flexibility index (Phi) is 5.68. The molecule has 1 aliphatic carbocycles. The van der Waals surface area contributed by atoms with E-state index in [1.54, 1.807) is 6.20 Å². The van der Waals surface area contributed by atoms with Crippen molar-refractivity contribution in [3.05, 3.63) is 59.4 Å². The third-order valence-electron chi connectivity index (χ3n) is 5.47. The molecule has 1 saturated heterocycles. The Labute approximate surface area is 160 Å². The first-order chi connectivity index (χ1) is 13.3. The van der Waals surface area contributed by atoms with Gasteiger partial charge in [-0.05, 0) is 67.3 Å². The Hall–Kier alpha value is -2.40. The SMILES string of the molecule is O=C(Nc1cccc2c1CCCC2)N(Cc1cccnc1)C[C@@H]1CCCO1. The molecule has 27 heavy (non-hydrogen) atoms. The summed E-state index contributed by atoms with van der Waals surface area (Å²) in [5.74, 6) is 0. The van der Waals surface area contributed by atoms with Crippen LogP contribution in [-0.2, 0) is 24.1 Å². The van der Waals surface area contributed by atoms with Crippen LogP contribution in [-0.4, -0.2) is 35.2 Å². The molecule has 1 N–H and O–H groups in total. The summed E-state index contributed by atoms with van der Waals surface area (Å²) in [6.45, 7) is 1.93. The first-order valence-corrected chi connectivity index (χ1v) is 9.97. The van der Waals surface area contributed by atoms with Gasteiger partial charge in [-0.1, -0.05) is 18.2 Å². The molecular formula is C22H27N3O2. The molecule has 2 amide bonds. The number of pyridine rings is 1. The molecular weight excluding hydrogens is 338 g/mol. The number of aromatic nitrogens is 1. The molecule has 0 radical (unpaired) electrons. The zero-order chi connectivity index (χ0) is 18.5. The molecule has 4 rings (SSSR count). The number of amides is 2. The van der Waals surface area contributed by atoms with Gasteiger partial charge in [-0.25, -0.2) is 4.79 Å². The smallest absolute Gasteiger partial charge is 0.322 e. The third kappa shape index (κ3) is 4.48. The summed E-state index contributed by atoms with van der Waals surface area (Å²) in [5, 5.41) is 3.18. The molecule has 0 bridgehead atoms. The van der Waals surface area contributed by atoms with Crippen molar-refractivity contribution in [2.75, 3.05) is 18.5 Å². The lowest BCUT2D eigenvalue weighted by Gasteiger charge is -2.27. The van der Waals surface area contributed by atoms with Gasteiger partial charge in [-0.2, -0.15) is 0 Å². The molecule has 0 spiro atoms. The first-order valence-electron chi connectivity index (χ1n) is 9.97. The minimum Gasteiger partial charge on any atom is -0.376 e. The zero-order valence-electron chi connectivity index (χ0n) is 15.7. The Morgan fingerprint density at radius 1 is 1.19 bits per heavy atom. The fourth-order valence-electron chi connectivity index (χ4n) is 4.06. The Bertz CT molecular complexity index is 772. The summed E-state index contributed by atoms with van der Waals surface area (Å²) >= 11 is 0. The Morgan fingerprint density at radius 2 is 2.11 bits per heavy atom. The number of ether oxygens (including phenoxy) is 1. The van der Waals surface area contributed by atoms with E-state index in [4.69, 9.17) is 4.74 Å². The topological polar surface area (TPSA) is 54.5 Å². The molecule has 2 heterocycles. The van der Waals surface area contributed by atoms with Gasteiger partial charge >= 0.3 is 6.03 Å². The predicted molar refractivity (Wildman–Crippen MR) is 106 cm³/mol. The van der Waals surface area contributed by atoms with Crippen molar-refractivity contribution in [3.8, 4) is 0 Å². The number of carbonyl (C=O) groups excluding carboxylic acids is 1. The molecule has 5 heteroatoms. The van der Waals surface area contributed by atoms with Crippen LogP contribution in [0.5, 0.6) is 0 Å². The zero-order valence-corrected chi connectivity index (χ0v) is 15.7. The molecule has 1 atom stereocenters. The standard InChI is InChI=1S/C22H27N3O2/c26-22(24-21-11-3-8-18-7-1-2-10-20(18)21)25(16-19-9-5-13-27-19)15-17-6-4-12-23-14-17/h3-4,6,8,11-12,14,19H,1-2,5,7,9-10,13,15-16H2,(H,24,26)/t19-/m0/s1. The molecule has 1 aromatic heterocycles. The number of benzene rings is 1. The number of urea groups is 1. The fourth-order valence-corrected chi connectivity index (χ4v) is 4.06. The van der Waals surface area contributed by atoms with Crippen LogP contribution in [0.2, 0.25) is 0 Å². The molecule has 5 nitrogen and oxygen atoms in total. The highest BCUT2D eigenvalue weighted by molar-refractivity contribution is 5.90. The monoisotopic (exact) mass is 365 g/mol. The van der Waals surface area contributed by atoms with E-state index >= 15 is 0 Å². The van der Waals surface area contributed by atoms with E-state index in [2.05, 4.69) is 16.4 Å². The van der Waals surface area contributed by atoms with E-state index < -0.39 is 0 Å². The highest BCUT2D eigenvalue weighted by Gasteiger charge is 2.24. The van der Waals surface area contributed by atoms with Crippen molar-refractivity contribution in [1.29, 1.82) is 0 Å². The molecule has 0 saturated carbocycles. The third-order valence-corrected chi connectivity index (χ3v) is 5.47. The second-order valence-corrected chi connectivity index (χ2v) is 7.46. The lowest BCUT2D eigenvalue weighted by Crippen LogP contribution is -2.40. The summed E-state index contributed by atoms with van der Waals surface area (Å²) in [6.07, 6.45) is 10.3. The Morgan fingerprint density at radius 3 is 2.93 bits per heavy atom. The van der Waals surface area contributed by atoms with E-state index in [1.807, 2.05) is 35.4 Å². The van der Waals surface area contributed by atoms with Gasteiger partial charge in [0.1, 0.15) is 0 Å². The van der Waals surface area contributed by atoms with Crippen molar-refractivity contribution >= 4 is 11.7 Å². The van der Waals surface area contributed by atoms with Gasteiger partial charge in [0.05, 0.1) is 6.10 Å². The van der Waals surface area contributed by atoms with Crippen LogP contribution in [0.4, 0.5) is 10.5 Å².